The summed E-state index contributed by atoms with van der Waals surface area (Å²) in [7, 11) is 0. The normalized spacial score (nSPS) is 11.8. The van der Waals surface area contributed by atoms with Crippen LogP contribution in [0.5, 0.6) is 0 Å². The maximum atomic E-state index is 4.33. The van der Waals surface area contributed by atoms with Crippen LogP contribution < -0.4 is 5.32 Å². The summed E-state index contributed by atoms with van der Waals surface area (Å²) in [6.07, 6.45) is 0. The van der Waals surface area contributed by atoms with Crippen molar-refractivity contribution in [1.29, 1.82) is 0 Å². The number of anilines is 2. The molecule has 1 aromatic heterocycles. The summed E-state index contributed by atoms with van der Waals surface area (Å²) in [4.78, 5) is 0. The number of nitrogens with one attached hydrogen (secondary N) is 2. The Morgan fingerprint density at radius 1 is 0.950 bits per heavy atom. The number of nitrogens with zero attached hydrogens (tertiary/aromatic N) is 1. The number of para-hydroxylation sites is 1. The van der Waals surface area contributed by atoms with Crippen molar-refractivity contribution in [3.8, 4) is 0 Å². The van der Waals surface area contributed by atoms with Crippen molar-refractivity contribution in [3.63, 3.8) is 0 Å². The van der Waals surface area contributed by atoms with Crippen molar-refractivity contribution in [3.05, 3.63) is 54.1 Å². The highest BCUT2D eigenvalue weighted by molar-refractivity contribution is 5.91. The van der Waals surface area contributed by atoms with Crippen molar-refractivity contribution in [2.45, 2.75) is 26.2 Å². The molecule has 0 aliphatic rings. The number of aromatic amines is 1. The van der Waals surface area contributed by atoms with E-state index in [2.05, 4.69) is 66.6 Å². The van der Waals surface area contributed by atoms with Gasteiger partial charge >= 0.3 is 0 Å². The van der Waals surface area contributed by atoms with E-state index in [-0.39, 0.29) is 5.41 Å². The lowest BCUT2D eigenvalue weighted by atomic mass is 9.87. The molecular formula is C17H19N3. The molecule has 0 aliphatic heterocycles. The smallest absolute Gasteiger partial charge is 0.160 e. The third-order valence-electron chi connectivity index (χ3n) is 3.48. The molecule has 3 aromatic rings. The van der Waals surface area contributed by atoms with E-state index in [0.717, 1.165) is 22.4 Å². The third kappa shape index (κ3) is 2.39. The zero-order valence-corrected chi connectivity index (χ0v) is 12.1. The lowest BCUT2D eigenvalue weighted by Crippen LogP contribution is -2.10. The van der Waals surface area contributed by atoms with Crippen molar-refractivity contribution < 1.29 is 0 Å². The van der Waals surface area contributed by atoms with Crippen LogP contribution in [0, 0.1) is 0 Å². The average molecular weight is 265 g/mol. The van der Waals surface area contributed by atoms with E-state index < -0.39 is 0 Å². The van der Waals surface area contributed by atoms with Gasteiger partial charge in [0.1, 0.15) is 0 Å². The van der Waals surface area contributed by atoms with Gasteiger partial charge in [-0.3, -0.25) is 5.10 Å². The van der Waals surface area contributed by atoms with Gasteiger partial charge in [0.2, 0.25) is 0 Å². The molecule has 0 atom stereocenters. The van der Waals surface area contributed by atoms with Crippen LogP contribution in [0.4, 0.5) is 11.5 Å². The van der Waals surface area contributed by atoms with Gasteiger partial charge in [0.05, 0.1) is 5.52 Å². The highest BCUT2D eigenvalue weighted by Crippen LogP contribution is 2.26. The van der Waals surface area contributed by atoms with Crippen molar-refractivity contribution in [2.75, 3.05) is 5.32 Å². The molecule has 0 fully saturated rings. The summed E-state index contributed by atoms with van der Waals surface area (Å²) < 4.78 is 0. The van der Waals surface area contributed by atoms with Gasteiger partial charge < -0.3 is 5.32 Å². The van der Waals surface area contributed by atoms with E-state index in [0.29, 0.717) is 0 Å². The van der Waals surface area contributed by atoms with E-state index >= 15 is 0 Å². The number of fused-ring (bicyclic) bond motifs is 1. The zero-order valence-electron chi connectivity index (χ0n) is 12.1. The molecule has 0 saturated carbocycles. The Labute approximate surface area is 119 Å². The lowest BCUT2D eigenvalue weighted by molar-refractivity contribution is 0.590. The summed E-state index contributed by atoms with van der Waals surface area (Å²) in [5.41, 5.74) is 3.60. The summed E-state index contributed by atoms with van der Waals surface area (Å²) in [6, 6.07) is 16.6. The summed E-state index contributed by atoms with van der Waals surface area (Å²) in [5.74, 6) is 0.865. The fraction of sp³-hybridized carbons (Fsp3) is 0.235. The van der Waals surface area contributed by atoms with Crippen molar-refractivity contribution >= 4 is 22.4 Å². The minimum atomic E-state index is 0.178. The molecule has 3 nitrogen and oxygen atoms in total. The fourth-order valence-electron chi connectivity index (χ4n) is 2.25. The number of hydrogen-bond donors (Lipinski definition) is 2. The van der Waals surface area contributed by atoms with E-state index in [1.807, 2.05) is 18.2 Å². The molecule has 0 aliphatic carbocycles. The minimum Gasteiger partial charge on any atom is -0.338 e. The van der Waals surface area contributed by atoms with E-state index in [1.165, 1.54) is 5.56 Å². The van der Waals surface area contributed by atoms with Crippen LogP contribution in [-0.4, -0.2) is 10.2 Å². The number of H-pyrrole nitrogens is 1. The molecule has 0 radical (unpaired) electrons. The molecule has 0 bridgehead atoms. The lowest BCUT2D eigenvalue weighted by Gasteiger charge is -2.19. The molecule has 0 saturated heterocycles. The Balaban J connectivity index is 1.88. The molecule has 3 heteroatoms. The standard InChI is InChI=1S/C17H19N3/c1-17(2,3)12-8-10-13(11-9-12)18-16-14-6-4-5-7-15(14)19-20-16/h4-11H,1-3H3,(H2,18,19,20). The topological polar surface area (TPSA) is 40.7 Å². The molecule has 102 valence electrons. The number of hydrogen-bond acceptors (Lipinski definition) is 2. The van der Waals surface area contributed by atoms with Gasteiger partial charge in [0, 0.05) is 11.1 Å². The van der Waals surface area contributed by atoms with E-state index in [4.69, 9.17) is 0 Å². The third-order valence-corrected chi connectivity index (χ3v) is 3.48. The predicted molar refractivity (Wildman–Crippen MR) is 84.5 cm³/mol. The highest BCUT2D eigenvalue weighted by Gasteiger charge is 2.13. The van der Waals surface area contributed by atoms with Gasteiger partial charge in [0.15, 0.2) is 5.82 Å². The Bertz CT molecular complexity index is 718. The zero-order chi connectivity index (χ0) is 14.2. The maximum absolute atomic E-state index is 4.33. The average Bonchev–Trinajstić information content (AvgIpc) is 2.82. The summed E-state index contributed by atoms with van der Waals surface area (Å²) in [6.45, 7) is 6.66. The van der Waals surface area contributed by atoms with Crippen LogP contribution in [-0.2, 0) is 5.41 Å². The predicted octanol–water partition coefficient (Wildman–Crippen LogP) is 4.60. The molecule has 0 unspecified atom stereocenters. The Morgan fingerprint density at radius 3 is 2.35 bits per heavy atom. The molecule has 2 aromatic carbocycles. The molecule has 3 rings (SSSR count). The number of rotatable bonds is 2. The minimum absolute atomic E-state index is 0.178. The first-order chi connectivity index (χ1) is 9.54. The Morgan fingerprint density at radius 2 is 1.65 bits per heavy atom. The second-order valence-corrected chi connectivity index (χ2v) is 6.07. The first-order valence-corrected chi connectivity index (χ1v) is 6.85. The molecule has 2 N–H and O–H groups in total. The van der Waals surface area contributed by atoms with Gasteiger partial charge in [-0.25, -0.2) is 0 Å². The summed E-state index contributed by atoms with van der Waals surface area (Å²) in [5, 5.41) is 11.8. The monoisotopic (exact) mass is 265 g/mol. The first-order valence-electron chi connectivity index (χ1n) is 6.85. The van der Waals surface area contributed by atoms with Crippen molar-refractivity contribution in [2.24, 2.45) is 0 Å². The largest absolute Gasteiger partial charge is 0.338 e. The van der Waals surface area contributed by atoms with Gasteiger partial charge in [-0.1, -0.05) is 45.0 Å². The van der Waals surface area contributed by atoms with Crippen LogP contribution in [0.3, 0.4) is 0 Å². The van der Waals surface area contributed by atoms with Crippen LogP contribution >= 0.6 is 0 Å². The quantitative estimate of drug-likeness (QED) is 0.710. The van der Waals surface area contributed by atoms with Crippen molar-refractivity contribution in [1.82, 2.24) is 10.2 Å². The van der Waals surface area contributed by atoms with E-state index in [1.54, 1.807) is 0 Å². The van der Waals surface area contributed by atoms with Crippen LogP contribution in [0.1, 0.15) is 26.3 Å². The number of benzene rings is 2. The summed E-state index contributed by atoms with van der Waals surface area (Å²) >= 11 is 0. The van der Waals surface area contributed by atoms with Gasteiger partial charge in [-0.2, -0.15) is 5.10 Å². The van der Waals surface area contributed by atoms with Gasteiger partial charge in [0.25, 0.3) is 0 Å². The SMILES string of the molecule is CC(C)(C)c1ccc(Nc2n[nH]c3ccccc23)cc1. The second-order valence-electron chi connectivity index (χ2n) is 6.07. The van der Waals surface area contributed by atoms with Crippen LogP contribution in [0.15, 0.2) is 48.5 Å². The maximum Gasteiger partial charge on any atom is 0.160 e. The highest BCUT2D eigenvalue weighted by atomic mass is 15.2. The molecule has 1 heterocycles. The second kappa shape index (κ2) is 4.67. The molecule has 0 amide bonds. The fourth-order valence-corrected chi connectivity index (χ4v) is 2.25. The Kier molecular flexibility index (Phi) is 2.97. The molecule has 0 spiro atoms. The first kappa shape index (κ1) is 12.7. The molecule has 20 heavy (non-hydrogen) atoms. The number of aromatic nitrogens is 2. The van der Waals surface area contributed by atoms with Gasteiger partial charge in [-0.15, -0.1) is 0 Å². The Hall–Kier alpha value is -2.29. The van der Waals surface area contributed by atoms with Crippen LogP contribution in [0.25, 0.3) is 10.9 Å². The van der Waals surface area contributed by atoms with E-state index in [9.17, 15) is 0 Å². The van der Waals surface area contributed by atoms with Gasteiger partial charge in [-0.05, 0) is 35.2 Å². The van der Waals surface area contributed by atoms with Crippen LogP contribution in [0.2, 0.25) is 0 Å². The molecular weight excluding hydrogens is 246 g/mol.